The highest BCUT2D eigenvalue weighted by Crippen LogP contribution is 2.19. The minimum Gasteiger partial charge on any atom is -0.480 e. The van der Waals surface area contributed by atoms with Crippen molar-refractivity contribution in [3.05, 3.63) is 17.8 Å². The van der Waals surface area contributed by atoms with Gasteiger partial charge in [0.05, 0.1) is 11.3 Å². The first-order chi connectivity index (χ1) is 7.04. The third-order valence-electron chi connectivity index (χ3n) is 1.76. The van der Waals surface area contributed by atoms with Gasteiger partial charge in [0.2, 0.25) is 0 Å². The van der Waals surface area contributed by atoms with E-state index in [1.165, 1.54) is 17.2 Å². The van der Waals surface area contributed by atoms with E-state index >= 15 is 0 Å². The summed E-state index contributed by atoms with van der Waals surface area (Å²) in [5.74, 6) is -0.612. The average Bonchev–Trinajstić information content (AvgIpc) is 2.16. The second-order valence-electron chi connectivity index (χ2n) is 3.00. The van der Waals surface area contributed by atoms with Gasteiger partial charge in [-0.05, 0) is 6.07 Å². The quantitative estimate of drug-likeness (QED) is 0.724. The van der Waals surface area contributed by atoms with Crippen LogP contribution in [0.25, 0.3) is 0 Å². The Labute approximate surface area is 86.6 Å². The molecule has 0 atom stereocenters. The number of rotatable bonds is 3. The van der Waals surface area contributed by atoms with E-state index in [9.17, 15) is 4.79 Å². The third kappa shape index (κ3) is 2.57. The summed E-state index contributed by atoms with van der Waals surface area (Å²) in [7, 11) is 1.57. The van der Waals surface area contributed by atoms with Crippen molar-refractivity contribution < 1.29 is 9.90 Å². The summed E-state index contributed by atoms with van der Waals surface area (Å²) in [6.45, 7) is -0.191. The molecule has 3 N–H and O–H groups in total. The van der Waals surface area contributed by atoms with Crippen LogP contribution in [-0.4, -0.2) is 29.7 Å². The molecular weight excluding hydrogens is 196 g/mol. The first-order valence-electron chi connectivity index (χ1n) is 4.13. The van der Waals surface area contributed by atoms with Crippen molar-refractivity contribution in [2.45, 2.75) is 0 Å². The van der Waals surface area contributed by atoms with Crippen molar-refractivity contribution in [2.75, 3.05) is 24.2 Å². The molecule has 0 aliphatic rings. The molecule has 78 valence electrons. The molecule has 1 aromatic rings. The Morgan fingerprint density at radius 3 is 2.93 bits per heavy atom. The van der Waals surface area contributed by atoms with Gasteiger partial charge in [-0.1, -0.05) is 0 Å². The van der Waals surface area contributed by atoms with Crippen LogP contribution in [0.2, 0.25) is 0 Å². The zero-order chi connectivity index (χ0) is 11.4. The molecule has 15 heavy (non-hydrogen) atoms. The lowest BCUT2D eigenvalue weighted by molar-refractivity contribution is -0.135. The summed E-state index contributed by atoms with van der Waals surface area (Å²) >= 11 is 0. The van der Waals surface area contributed by atoms with Crippen LogP contribution in [0, 0.1) is 11.3 Å². The van der Waals surface area contributed by atoms with Gasteiger partial charge in [-0.25, -0.2) is 4.98 Å². The molecule has 0 saturated heterocycles. The molecule has 0 aromatic carbocycles. The minimum absolute atomic E-state index is 0.191. The first kappa shape index (κ1) is 10.8. The largest absolute Gasteiger partial charge is 0.480 e. The van der Waals surface area contributed by atoms with Crippen molar-refractivity contribution in [1.29, 1.82) is 5.26 Å². The number of nitriles is 1. The standard InChI is InChI=1S/C9H10N4O2/c1-13(5-8(14)15)9-7(11)2-6(3-10)4-12-9/h2,4H,5,11H2,1H3,(H,14,15). The molecule has 0 aliphatic carbocycles. The van der Waals surface area contributed by atoms with E-state index in [4.69, 9.17) is 16.1 Å². The normalized spacial score (nSPS) is 9.33. The van der Waals surface area contributed by atoms with Gasteiger partial charge in [0.25, 0.3) is 0 Å². The predicted octanol–water partition coefficient (Wildman–Crippen LogP) is 0.0563. The van der Waals surface area contributed by atoms with Crippen LogP contribution in [0.5, 0.6) is 0 Å². The first-order valence-corrected chi connectivity index (χ1v) is 4.13. The molecule has 1 aromatic heterocycles. The maximum atomic E-state index is 10.5. The van der Waals surface area contributed by atoms with Crippen molar-refractivity contribution in [3.63, 3.8) is 0 Å². The smallest absolute Gasteiger partial charge is 0.323 e. The molecule has 0 unspecified atom stereocenters. The van der Waals surface area contributed by atoms with Crippen LogP contribution in [-0.2, 0) is 4.79 Å². The number of aliphatic carboxylic acids is 1. The number of hydrogen-bond donors (Lipinski definition) is 2. The number of likely N-dealkylation sites (N-methyl/N-ethyl adjacent to an activating group) is 1. The highest BCUT2D eigenvalue weighted by atomic mass is 16.4. The number of carboxylic acids is 1. The second kappa shape index (κ2) is 4.28. The Morgan fingerprint density at radius 1 is 1.80 bits per heavy atom. The lowest BCUT2D eigenvalue weighted by Gasteiger charge is -2.17. The molecular formula is C9H10N4O2. The molecule has 0 saturated carbocycles. The van der Waals surface area contributed by atoms with Crippen molar-refractivity contribution in [3.8, 4) is 6.07 Å². The summed E-state index contributed by atoms with van der Waals surface area (Å²) in [5.41, 5.74) is 6.26. The Balaban J connectivity index is 2.96. The Hall–Kier alpha value is -2.29. The maximum Gasteiger partial charge on any atom is 0.323 e. The van der Waals surface area contributed by atoms with Gasteiger partial charge in [0.1, 0.15) is 12.6 Å². The summed E-state index contributed by atoms with van der Waals surface area (Å²) in [4.78, 5) is 15.8. The fourth-order valence-corrected chi connectivity index (χ4v) is 1.13. The van der Waals surface area contributed by atoms with Gasteiger partial charge in [0.15, 0.2) is 5.82 Å². The van der Waals surface area contributed by atoms with Gasteiger partial charge in [-0.15, -0.1) is 0 Å². The number of nitrogens with two attached hydrogens (primary N) is 1. The number of nitrogens with zero attached hydrogens (tertiary/aromatic N) is 3. The van der Waals surface area contributed by atoms with Crippen LogP contribution in [0.1, 0.15) is 5.56 Å². The van der Waals surface area contributed by atoms with Crippen LogP contribution >= 0.6 is 0 Å². The molecule has 0 bridgehead atoms. The average molecular weight is 206 g/mol. The molecule has 6 nitrogen and oxygen atoms in total. The number of pyridine rings is 1. The zero-order valence-corrected chi connectivity index (χ0v) is 8.14. The fourth-order valence-electron chi connectivity index (χ4n) is 1.13. The Kier molecular flexibility index (Phi) is 3.08. The van der Waals surface area contributed by atoms with E-state index in [0.29, 0.717) is 11.4 Å². The number of hydrogen-bond acceptors (Lipinski definition) is 5. The van der Waals surface area contributed by atoms with Gasteiger partial charge in [-0.3, -0.25) is 4.79 Å². The molecule has 0 aliphatic heterocycles. The van der Waals surface area contributed by atoms with Gasteiger partial charge < -0.3 is 15.7 Å². The number of nitrogen functional groups attached to an aromatic ring is 1. The molecule has 1 heterocycles. The lowest BCUT2D eigenvalue weighted by atomic mass is 10.2. The summed E-state index contributed by atoms with van der Waals surface area (Å²) < 4.78 is 0. The number of aromatic nitrogens is 1. The van der Waals surface area contributed by atoms with Crippen molar-refractivity contribution in [1.82, 2.24) is 4.98 Å². The van der Waals surface area contributed by atoms with Crippen molar-refractivity contribution in [2.24, 2.45) is 0 Å². The molecule has 0 amide bonds. The number of anilines is 2. The second-order valence-corrected chi connectivity index (χ2v) is 3.00. The van der Waals surface area contributed by atoms with E-state index in [-0.39, 0.29) is 12.2 Å². The van der Waals surface area contributed by atoms with Gasteiger partial charge >= 0.3 is 5.97 Å². The molecule has 0 fully saturated rings. The summed E-state index contributed by atoms with van der Waals surface area (Å²) in [5, 5.41) is 17.2. The van der Waals surface area contributed by atoms with Crippen LogP contribution in [0.3, 0.4) is 0 Å². The van der Waals surface area contributed by atoms with Gasteiger partial charge in [0, 0.05) is 13.2 Å². The predicted molar refractivity (Wildman–Crippen MR) is 54.3 cm³/mol. The highest BCUT2D eigenvalue weighted by Gasteiger charge is 2.10. The molecule has 1 rings (SSSR count). The van der Waals surface area contributed by atoms with E-state index in [1.807, 2.05) is 6.07 Å². The molecule has 0 spiro atoms. The van der Waals surface area contributed by atoms with E-state index in [2.05, 4.69) is 4.98 Å². The topological polar surface area (TPSA) is 103 Å². The lowest BCUT2D eigenvalue weighted by Crippen LogP contribution is -2.26. The summed E-state index contributed by atoms with van der Waals surface area (Å²) in [6.07, 6.45) is 1.35. The SMILES string of the molecule is CN(CC(=O)O)c1ncc(C#N)cc1N. The van der Waals surface area contributed by atoms with E-state index < -0.39 is 5.97 Å². The monoisotopic (exact) mass is 206 g/mol. The van der Waals surface area contributed by atoms with Crippen LogP contribution < -0.4 is 10.6 Å². The van der Waals surface area contributed by atoms with Crippen LogP contribution in [0.4, 0.5) is 11.5 Å². The Morgan fingerprint density at radius 2 is 2.47 bits per heavy atom. The minimum atomic E-state index is -0.969. The zero-order valence-electron chi connectivity index (χ0n) is 8.14. The maximum absolute atomic E-state index is 10.5. The van der Waals surface area contributed by atoms with Crippen LogP contribution in [0.15, 0.2) is 12.3 Å². The third-order valence-corrected chi connectivity index (χ3v) is 1.76. The number of carbonyl (C=O) groups is 1. The molecule has 0 radical (unpaired) electrons. The molecule has 6 heteroatoms. The van der Waals surface area contributed by atoms with Gasteiger partial charge in [-0.2, -0.15) is 5.26 Å². The highest BCUT2D eigenvalue weighted by molar-refractivity contribution is 5.75. The number of carboxylic acid groups (broad SMARTS) is 1. The Bertz CT molecular complexity index is 425. The van der Waals surface area contributed by atoms with E-state index in [0.717, 1.165) is 0 Å². The van der Waals surface area contributed by atoms with Crippen molar-refractivity contribution >= 4 is 17.5 Å². The van der Waals surface area contributed by atoms with E-state index in [1.54, 1.807) is 7.05 Å². The summed E-state index contributed by atoms with van der Waals surface area (Å²) in [6, 6.07) is 3.36. The fraction of sp³-hybridized carbons (Fsp3) is 0.222.